The number of fused-ring (bicyclic) bond motifs is 1. The number of carbonyl (C=O) groups excluding carboxylic acids is 1. The summed E-state index contributed by atoms with van der Waals surface area (Å²) in [5, 5.41) is 2.84. The third kappa shape index (κ3) is 3.24. The molecular weight excluding hydrogens is 288 g/mol. The molecule has 0 aliphatic carbocycles. The highest BCUT2D eigenvalue weighted by Crippen LogP contribution is 2.24. The summed E-state index contributed by atoms with van der Waals surface area (Å²) in [5.74, 6) is -0.0817. The molecule has 0 saturated heterocycles. The lowest BCUT2D eigenvalue weighted by atomic mass is 10.0. The topological polar surface area (TPSA) is 72.4 Å². The third-order valence-corrected chi connectivity index (χ3v) is 3.78. The van der Waals surface area contributed by atoms with Crippen molar-refractivity contribution in [3.8, 4) is 11.3 Å². The van der Waals surface area contributed by atoms with Crippen LogP contribution < -0.4 is 11.1 Å². The number of imidazole rings is 1. The van der Waals surface area contributed by atoms with E-state index in [4.69, 9.17) is 5.73 Å². The maximum absolute atomic E-state index is 11.6. The SMILES string of the molecule is Cc1ccc(C)c(-c2cn3cc(NC(=O)CCN)ccc3n2)c1. The van der Waals surface area contributed by atoms with Crippen molar-refractivity contribution in [2.75, 3.05) is 11.9 Å². The van der Waals surface area contributed by atoms with Gasteiger partial charge >= 0.3 is 0 Å². The molecule has 3 N–H and O–H groups in total. The van der Waals surface area contributed by atoms with Gasteiger partial charge in [0.2, 0.25) is 5.91 Å². The third-order valence-electron chi connectivity index (χ3n) is 3.78. The molecule has 0 saturated carbocycles. The summed E-state index contributed by atoms with van der Waals surface area (Å²) < 4.78 is 1.93. The molecule has 3 rings (SSSR count). The number of amides is 1. The van der Waals surface area contributed by atoms with E-state index in [0.717, 1.165) is 22.6 Å². The zero-order chi connectivity index (χ0) is 16.4. The molecule has 0 spiro atoms. The minimum atomic E-state index is -0.0817. The van der Waals surface area contributed by atoms with Crippen LogP contribution in [0.15, 0.2) is 42.7 Å². The molecule has 0 atom stereocenters. The molecule has 2 aromatic heterocycles. The number of aryl methyl sites for hydroxylation is 2. The van der Waals surface area contributed by atoms with Crippen LogP contribution in [0.4, 0.5) is 5.69 Å². The summed E-state index contributed by atoms with van der Waals surface area (Å²) in [6.07, 6.45) is 4.16. The number of pyridine rings is 1. The van der Waals surface area contributed by atoms with Crippen molar-refractivity contribution in [1.29, 1.82) is 0 Å². The number of benzene rings is 1. The number of hydrogen-bond acceptors (Lipinski definition) is 3. The standard InChI is InChI=1S/C18H20N4O/c1-12-3-4-13(2)15(9-12)16-11-22-10-14(5-6-17(22)21-16)20-18(23)7-8-19/h3-6,9-11H,7-8,19H2,1-2H3,(H,20,23). The predicted molar refractivity (Wildman–Crippen MR) is 92.4 cm³/mol. The van der Waals surface area contributed by atoms with Gasteiger partial charge in [-0.3, -0.25) is 4.79 Å². The highest BCUT2D eigenvalue weighted by Gasteiger charge is 2.08. The van der Waals surface area contributed by atoms with Crippen molar-refractivity contribution in [2.45, 2.75) is 20.3 Å². The van der Waals surface area contributed by atoms with Gasteiger partial charge in [-0.1, -0.05) is 17.7 Å². The molecule has 0 aliphatic heterocycles. The Kier molecular flexibility index (Phi) is 4.12. The molecule has 5 heteroatoms. The number of nitrogens with one attached hydrogen (secondary N) is 1. The van der Waals surface area contributed by atoms with E-state index in [2.05, 4.69) is 42.3 Å². The zero-order valence-electron chi connectivity index (χ0n) is 13.3. The van der Waals surface area contributed by atoms with E-state index in [9.17, 15) is 4.79 Å². The Morgan fingerprint density at radius 3 is 2.83 bits per heavy atom. The summed E-state index contributed by atoms with van der Waals surface area (Å²) in [6, 6.07) is 10.1. The van der Waals surface area contributed by atoms with Gasteiger partial charge in [-0.15, -0.1) is 0 Å². The number of hydrogen-bond donors (Lipinski definition) is 2. The second-order valence-electron chi connectivity index (χ2n) is 5.71. The molecule has 0 bridgehead atoms. The van der Waals surface area contributed by atoms with Gasteiger partial charge in [-0.2, -0.15) is 0 Å². The fourth-order valence-corrected chi connectivity index (χ4v) is 2.56. The average Bonchev–Trinajstić information content (AvgIpc) is 2.93. The molecule has 0 unspecified atom stereocenters. The Morgan fingerprint density at radius 2 is 2.04 bits per heavy atom. The maximum Gasteiger partial charge on any atom is 0.225 e. The Hall–Kier alpha value is -2.66. The van der Waals surface area contributed by atoms with Crippen molar-refractivity contribution in [2.24, 2.45) is 5.73 Å². The lowest BCUT2D eigenvalue weighted by Crippen LogP contribution is -2.16. The summed E-state index contributed by atoms with van der Waals surface area (Å²) in [7, 11) is 0. The molecule has 118 valence electrons. The van der Waals surface area contributed by atoms with Gasteiger partial charge < -0.3 is 15.5 Å². The first-order chi connectivity index (χ1) is 11.1. The van der Waals surface area contributed by atoms with Crippen LogP contribution in [-0.4, -0.2) is 21.8 Å². The van der Waals surface area contributed by atoms with Crippen LogP contribution in [0.25, 0.3) is 16.9 Å². The van der Waals surface area contributed by atoms with E-state index in [1.807, 2.05) is 28.9 Å². The number of rotatable bonds is 4. The zero-order valence-corrected chi connectivity index (χ0v) is 13.3. The van der Waals surface area contributed by atoms with E-state index in [0.29, 0.717) is 13.0 Å². The monoisotopic (exact) mass is 308 g/mol. The summed E-state index contributed by atoms with van der Waals surface area (Å²) in [6.45, 7) is 4.50. The molecule has 0 radical (unpaired) electrons. The van der Waals surface area contributed by atoms with Crippen molar-refractivity contribution >= 4 is 17.2 Å². The Labute approximate surface area is 135 Å². The molecule has 1 amide bonds. The van der Waals surface area contributed by atoms with Gasteiger partial charge in [-0.25, -0.2) is 4.98 Å². The van der Waals surface area contributed by atoms with Crippen molar-refractivity contribution in [3.05, 3.63) is 53.9 Å². The van der Waals surface area contributed by atoms with Crippen LogP contribution in [0.1, 0.15) is 17.5 Å². The van der Waals surface area contributed by atoms with Crippen LogP contribution >= 0.6 is 0 Å². The average molecular weight is 308 g/mol. The minimum absolute atomic E-state index is 0.0817. The van der Waals surface area contributed by atoms with E-state index >= 15 is 0 Å². The number of carbonyl (C=O) groups is 1. The first-order valence-corrected chi connectivity index (χ1v) is 7.63. The fourth-order valence-electron chi connectivity index (χ4n) is 2.56. The normalized spacial score (nSPS) is 10.9. The van der Waals surface area contributed by atoms with Crippen LogP contribution in [0.3, 0.4) is 0 Å². The van der Waals surface area contributed by atoms with E-state index in [-0.39, 0.29) is 5.91 Å². The predicted octanol–water partition coefficient (Wildman–Crippen LogP) is 2.91. The molecule has 5 nitrogen and oxygen atoms in total. The first-order valence-electron chi connectivity index (χ1n) is 7.63. The Balaban J connectivity index is 1.96. The van der Waals surface area contributed by atoms with Gasteiger partial charge in [-0.05, 0) is 37.6 Å². The quantitative estimate of drug-likeness (QED) is 0.778. The smallest absolute Gasteiger partial charge is 0.225 e. The largest absolute Gasteiger partial charge is 0.330 e. The van der Waals surface area contributed by atoms with Crippen LogP contribution in [0.5, 0.6) is 0 Å². The van der Waals surface area contributed by atoms with Gasteiger partial charge in [0.1, 0.15) is 5.65 Å². The summed E-state index contributed by atoms with van der Waals surface area (Å²) in [4.78, 5) is 16.3. The van der Waals surface area contributed by atoms with E-state index in [1.165, 1.54) is 11.1 Å². The second kappa shape index (κ2) is 6.22. The van der Waals surface area contributed by atoms with Crippen LogP contribution in [0.2, 0.25) is 0 Å². The van der Waals surface area contributed by atoms with Crippen LogP contribution in [0, 0.1) is 13.8 Å². The molecule has 1 aromatic carbocycles. The van der Waals surface area contributed by atoms with Gasteiger partial charge in [0.15, 0.2) is 0 Å². The molecular formula is C18H20N4O. The lowest BCUT2D eigenvalue weighted by Gasteiger charge is -2.04. The van der Waals surface area contributed by atoms with Crippen molar-refractivity contribution in [1.82, 2.24) is 9.38 Å². The van der Waals surface area contributed by atoms with Gasteiger partial charge in [0, 0.05) is 30.9 Å². The Morgan fingerprint density at radius 1 is 1.22 bits per heavy atom. The molecule has 3 aromatic rings. The van der Waals surface area contributed by atoms with Gasteiger partial charge in [0.05, 0.1) is 11.4 Å². The minimum Gasteiger partial charge on any atom is -0.330 e. The molecule has 0 aliphatic rings. The van der Waals surface area contributed by atoms with E-state index in [1.54, 1.807) is 0 Å². The maximum atomic E-state index is 11.6. The summed E-state index contributed by atoms with van der Waals surface area (Å²) in [5.41, 5.74) is 11.4. The highest BCUT2D eigenvalue weighted by molar-refractivity contribution is 5.90. The number of nitrogens with two attached hydrogens (primary N) is 1. The summed E-state index contributed by atoms with van der Waals surface area (Å²) >= 11 is 0. The number of nitrogens with zero attached hydrogens (tertiary/aromatic N) is 2. The fraction of sp³-hybridized carbons (Fsp3) is 0.222. The molecule has 2 heterocycles. The number of anilines is 1. The van der Waals surface area contributed by atoms with Gasteiger partial charge in [0.25, 0.3) is 0 Å². The lowest BCUT2D eigenvalue weighted by molar-refractivity contribution is -0.116. The molecule has 23 heavy (non-hydrogen) atoms. The highest BCUT2D eigenvalue weighted by atomic mass is 16.1. The van der Waals surface area contributed by atoms with Crippen molar-refractivity contribution in [3.63, 3.8) is 0 Å². The first kappa shape index (κ1) is 15.2. The van der Waals surface area contributed by atoms with Crippen LogP contribution in [-0.2, 0) is 4.79 Å². The molecule has 0 fully saturated rings. The van der Waals surface area contributed by atoms with Crippen molar-refractivity contribution < 1.29 is 4.79 Å². The second-order valence-corrected chi connectivity index (χ2v) is 5.71. The Bertz CT molecular complexity index is 867. The number of aromatic nitrogens is 2. The van der Waals surface area contributed by atoms with E-state index < -0.39 is 0 Å².